The molecular formula is C39H44ClN3O14. The number of fused-ring (bicyclic) bond motifs is 3. The molecule has 6 atom stereocenters. The molecular weight excluding hydrogens is 770 g/mol. The Labute approximate surface area is 333 Å². The Kier molecular flexibility index (Phi) is 14.0. The molecule has 2 amide bonds. The molecule has 1 N–H and O–H groups in total. The average molecular weight is 814 g/mol. The normalized spacial score (nSPS) is 20.9. The lowest BCUT2D eigenvalue weighted by Crippen LogP contribution is -2.64. The summed E-state index contributed by atoms with van der Waals surface area (Å²) in [6, 6.07) is 15.7. The molecule has 0 saturated carbocycles. The Bertz CT molecular complexity index is 1980. The highest BCUT2D eigenvalue weighted by atomic mass is 35.5. The number of nitrogens with zero attached hydrogens (tertiary/aromatic N) is 2. The molecule has 0 radical (unpaired) electrons. The first-order valence-electron chi connectivity index (χ1n) is 17.9. The number of benzene rings is 3. The number of halogens is 1. The maximum Gasteiger partial charge on any atom is 0.415 e. The predicted octanol–water partition coefficient (Wildman–Crippen LogP) is 4.36. The molecule has 1 saturated heterocycles. The van der Waals surface area contributed by atoms with E-state index in [0.717, 1.165) is 49.9 Å². The first-order valence-corrected chi connectivity index (χ1v) is 18.4. The zero-order valence-electron chi connectivity index (χ0n) is 32.2. The van der Waals surface area contributed by atoms with Gasteiger partial charge < -0.3 is 53.0 Å². The van der Waals surface area contributed by atoms with Crippen molar-refractivity contribution in [1.82, 2.24) is 9.80 Å². The molecule has 3 aromatic carbocycles. The summed E-state index contributed by atoms with van der Waals surface area (Å²) < 4.78 is 43.8. The Morgan fingerprint density at radius 2 is 1.40 bits per heavy atom. The maximum absolute atomic E-state index is 13.1. The average Bonchev–Trinajstić information content (AvgIpc) is 3.60. The molecule has 306 valence electrons. The number of ether oxygens (including phenoxy) is 8. The Balaban J connectivity index is 1.16. The number of likely N-dealkylation sites (N-methyl/N-ethyl adjacent to an activating group) is 2. The number of anilines is 1. The van der Waals surface area contributed by atoms with Crippen LogP contribution in [0.4, 0.5) is 15.3 Å². The molecule has 0 aliphatic carbocycles. The molecule has 2 aliphatic rings. The van der Waals surface area contributed by atoms with E-state index in [2.05, 4.69) is 5.32 Å². The SMILES string of the molecule is COC(=O)[C@H]1O[C@@H](Oc2ccc(COC(=O)N(C)CCN(C)C(=O)Oc3cc4c(c5ccccc35)[C@H](CCl)CN4)cc2)[C@H](OC(C)=O)[C@@H](OC(C)=O)[C@@H]1OC(C)=O. The highest BCUT2D eigenvalue weighted by Gasteiger charge is 2.55. The number of alkyl halides is 1. The van der Waals surface area contributed by atoms with Crippen LogP contribution in [0.2, 0.25) is 0 Å². The van der Waals surface area contributed by atoms with Gasteiger partial charge in [-0.3, -0.25) is 14.4 Å². The van der Waals surface area contributed by atoms with Crippen LogP contribution in [0.5, 0.6) is 11.5 Å². The number of esters is 4. The molecule has 18 heteroatoms. The second-order valence-electron chi connectivity index (χ2n) is 13.3. The number of rotatable bonds is 13. The fourth-order valence-corrected chi connectivity index (χ4v) is 6.65. The van der Waals surface area contributed by atoms with Gasteiger partial charge in [0, 0.05) is 83.4 Å². The molecule has 0 unspecified atom stereocenters. The molecule has 5 rings (SSSR count). The lowest BCUT2D eigenvalue weighted by atomic mass is 9.95. The predicted molar refractivity (Wildman–Crippen MR) is 202 cm³/mol. The van der Waals surface area contributed by atoms with Crippen LogP contribution < -0.4 is 14.8 Å². The summed E-state index contributed by atoms with van der Waals surface area (Å²) in [7, 11) is 4.18. The first kappa shape index (κ1) is 42.3. The summed E-state index contributed by atoms with van der Waals surface area (Å²) >= 11 is 6.21. The van der Waals surface area contributed by atoms with Gasteiger partial charge in [-0.15, -0.1) is 11.6 Å². The minimum atomic E-state index is -1.62. The van der Waals surface area contributed by atoms with Gasteiger partial charge in [0.2, 0.25) is 12.4 Å². The molecule has 57 heavy (non-hydrogen) atoms. The minimum Gasteiger partial charge on any atom is -0.467 e. The fourth-order valence-electron chi connectivity index (χ4n) is 6.38. The lowest BCUT2D eigenvalue weighted by molar-refractivity contribution is -0.282. The quantitative estimate of drug-likeness (QED) is 0.145. The third-order valence-corrected chi connectivity index (χ3v) is 9.52. The number of carbonyl (C=O) groups is 6. The van der Waals surface area contributed by atoms with Gasteiger partial charge in [-0.2, -0.15) is 0 Å². The van der Waals surface area contributed by atoms with Crippen molar-refractivity contribution in [2.75, 3.05) is 52.0 Å². The van der Waals surface area contributed by atoms with E-state index in [4.69, 9.17) is 49.5 Å². The van der Waals surface area contributed by atoms with Crippen LogP contribution in [0, 0.1) is 0 Å². The van der Waals surface area contributed by atoms with Crippen molar-refractivity contribution in [3.05, 3.63) is 65.7 Å². The van der Waals surface area contributed by atoms with Gasteiger partial charge in [-0.25, -0.2) is 14.4 Å². The third-order valence-electron chi connectivity index (χ3n) is 9.15. The van der Waals surface area contributed by atoms with Crippen LogP contribution in [0.25, 0.3) is 10.8 Å². The summed E-state index contributed by atoms with van der Waals surface area (Å²) in [5.74, 6) is -2.24. The van der Waals surface area contributed by atoms with Crippen molar-refractivity contribution in [2.45, 2.75) is 64.0 Å². The van der Waals surface area contributed by atoms with E-state index in [1.165, 1.54) is 29.0 Å². The van der Waals surface area contributed by atoms with Crippen molar-refractivity contribution < 1.29 is 66.7 Å². The van der Waals surface area contributed by atoms with Gasteiger partial charge in [0.05, 0.1) is 7.11 Å². The number of methoxy groups -OCH3 is 1. The summed E-state index contributed by atoms with van der Waals surface area (Å²) in [6.45, 7) is 4.13. The van der Waals surface area contributed by atoms with Crippen molar-refractivity contribution in [3.63, 3.8) is 0 Å². The maximum atomic E-state index is 13.1. The Morgan fingerprint density at radius 1 is 0.807 bits per heavy atom. The summed E-state index contributed by atoms with van der Waals surface area (Å²) in [5.41, 5.74) is 2.54. The van der Waals surface area contributed by atoms with E-state index in [1.54, 1.807) is 19.2 Å². The van der Waals surface area contributed by atoms with Gasteiger partial charge >= 0.3 is 36.1 Å². The van der Waals surface area contributed by atoms with Gasteiger partial charge in [-0.1, -0.05) is 36.4 Å². The molecule has 2 aliphatic heterocycles. The molecule has 2 heterocycles. The highest BCUT2D eigenvalue weighted by Crippen LogP contribution is 2.42. The number of hydrogen-bond donors (Lipinski definition) is 1. The van der Waals surface area contributed by atoms with Crippen LogP contribution in [-0.4, -0.2) is 123 Å². The number of hydrogen-bond acceptors (Lipinski definition) is 15. The second kappa shape index (κ2) is 18.9. The van der Waals surface area contributed by atoms with Gasteiger partial charge in [0.1, 0.15) is 18.1 Å². The third kappa shape index (κ3) is 10.3. The van der Waals surface area contributed by atoms with Crippen molar-refractivity contribution in [1.29, 1.82) is 0 Å². The molecule has 0 aromatic heterocycles. The highest BCUT2D eigenvalue weighted by molar-refractivity contribution is 6.18. The van der Waals surface area contributed by atoms with Crippen LogP contribution in [0.3, 0.4) is 0 Å². The van der Waals surface area contributed by atoms with Gasteiger partial charge in [0.25, 0.3) is 0 Å². The monoisotopic (exact) mass is 813 g/mol. The largest absolute Gasteiger partial charge is 0.467 e. The number of carbonyl (C=O) groups excluding carboxylic acids is 6. The van der Waals surface area contributed by atoms with Crippen molar-refractivity contribution in [3.8, 4) is 11.5 Å². The zero-order valence-corrected chi connectivity index (χ0v) is 32.9. The molecule has 1 fully saturated rings. The second-order valence-corrected chi connectivity index (χ2v) is 13.6. The van der Waals surface area contributed by atoms with E-state index in [1.807, 2.05) is 30.3 Å². The number of amides is 2. The summed E-state index contributed by atoms with van der Waals surface area (Å²) in [6.07, 6.45) is -8.91. The molecule has 0 bridgehead atoms. The topological polar surface area (TPSA) is 195 Å². The van der Waals surface area contributed by atoms with E-state index >= 15 is 0 Å². The van der Waals surface area contributed by atoms with E-state index in [0.29, 0.717) is 23.7 Å². The zero-order chi connectivity index (χ0) is 41.4. The van der Waals surface area contributed by atoms with Crippen molar-refractivity contribution in [2.24, 2.45) is 0 Å². The summed E-state index contributed by atoms with van der Waals surface area (Å²) in [4.78, 5) is 77.3. The van der Waals surface area contributed by atoms with E-state index in [9.17, 15) is 28.8 Å². The Morgan fingerprint density at radius 3 is 2.02 bits per heavy atom. The first-order chi connectivity index (χ1) is 27.2. The Hall–Kier alpha value is -5.81. The van der Waals surface area contributed by atoms with Crippen LogP contribution >= 0.6 is 11.6 Å². The molecule has 0 spiro atoms. The van der Waals surface area contributed by atoms with Crippen LogP contribution in [-0.2, 0) is 54.2 Å². The fraction of sp³-hybridized carbons (Fsp3) is 0.436. The van der Waals surface area contributed by atoms with Crippen LogP contribution in [0.1, 0.15) is 37.8 Å². The summed E-state index contributed by atoms with van der Waals surface area (Å²) in [5, 5.41) is 5.10. The molecule has 17 nitrogen and oxygen atoms in total. The van der Waals surface area contributed by atoms with E-state index in [-0.39, 0.29) is 31.4 Å². The van der Waals surface area contributed by atoms with Gasteiger partial charge in [-0.05, 0) is 28.6 Å². The minimum absolute atomic E-state index is 0.121. The van der Waals surface area contributed by atoms with E-state index < -0.39 is 66.8 Å². The lowest BCUT2D eigenvalue weighted by Gasteiger charge is -2.43. The van der Waals surface area contributed by atoms with Crippen molar-refractivity contribution >= 4 is 64.1 Å². The standard InChI is InChI=1S/C39H44ClN3O14/c1-21(44)52-32-33(53-22(2)45)35(54-23(3)46)37(57-34(32)36(47)50-6)55-26-13-11-24(12-14-26)20-51-38(48)42(4)15-16-43(5)39(49)56-30-17-29-31(25(18-40)19-41-29)28-10-8-7-9-27(28)30/h7-14,17,25,32-35,37,41H,15-16,18-20H2,1-6H3/t25-,32+,33+,34+,35-,37-/m1/s1. The van der Waals surface area contributed by atoms with Crippen LogP contribution in [0.15, 0.2) is 54.6 Å². The smallest absolute Gasteiger partial charge is 0.415 e. The molecule has 3 aromatic rings. The van der Waals surface area contributed by atoms with Gasteiger partial charge in [0.15, 0.2) is 18.3 Å². The number of nitrogens with one attached hydrogen (secondary N) is 1.